The number of hydrogen-bond acceptors (Lipinski definition) is 6. The van der Waals surface area contributed by atoms with Crippen LogP contribution in [0.3, 0.4) is 0 Å². The number of rotatable bonds is 7. The maximum atomic E-state index is 6.14. The molecule has 0 saturated carbocycles. The normalized spacial score (nSPS) is 10.3. The van der Waals surface area contributed by atoms with E-state index in [4.69, 9.17) is 16.3 Å². The summed E-state index contributed by atoms with van der Waals surface area (Å²) < 4.78 is 5.15. The number of methoxy groups -OCH3 is 1. The summed E-state index contributed by atoms with van der Waals surface area (Å²) in [6.45, 7) is 1.16. The summed E-state index contributed by atoms with van der Waals surface area (Å²) in [7, 11) is 1.65. The Morgan fingerprint density at radius 3 is 2.56 bits per heavy atom. The van der Waals surface area contributed by atoms with Gasteiger partial charge in [-0.15, -0.1) is 5.10 Å². The van der Waals surface area contributed by atoms with Gasteiger partial charge in [0.2, 0.25) is 5.95 Å². The first-order valence-corrected chi connectivity index (χ1v) is 8.16. The summed E-state index contributed by atoms with van der Waals surface area (Å²) in [6.07, 6.45) is 1.59. The van der Waals surface area contributed by atoms with Gasteiger partial charge in [-0.1, -0.05) is 41.9 Å². The fraction of sp³-hybridized carbons (Fsp3) is 0.167. The molecule has 0 fully saturated rings. The number of aromatic nitrogens is 3. The van der Waals surface area contributed by atoms with Crippen LogP contribution in [0.1, 0.15) is 11.1 Å². The zero-order valence-electron chi connectivity index (χ0n) is 13.7. The van der Waals surface area contributed by atoms with Gasteiger partial charge in [0.15, 0.2) is 5.82 Å². The van der Waals surface area contributed by atoms with E-state index in [1.807, 2.05) is 48.5 Å². The molecule has 0 saturated heterocycles. The van der Waals surface area contributed by atoms with Crippen molar-refractivity contribution < 1.29 is 4.74 Å². The van der Waals surface area contributed by atoms with Crippen molar-refractivity contribution >= 4 is 23.4 Å². The third kappa shape index (κ3) is 4.81. The summed E-state index contributed by atoms with van der Waals surface area (Å²) >= 11 is 6.14. The van der Waals surface area contributed by atoms with Crippen LogP contribution in [0.25, 0.3) is 0 Å². The zero-order valence-corrected chi connectivity index (χ0v) is 14.5. The lowest BCUT2D eigenvalue weighted by Crippen LogP contribution is -2.08. The largest absolute Gasteiger partial charge is 0.497 e. The summed E-state index contributed by atoms with van der Waals surface area (Å²) in [4.78, 5) is 4.40. The van der Waals surface area contributed by atoms with Crippen molar-refractivity contribution in [2.24, 2.45) is 0 Å². The van der Waals surface area contributed by atoms with Gasteiger partial charge in [-0.25, -0.2) is 0 Å². The van der Waals surface area contributed by atoms with Crippen molar-refractivity contribution in [3.8, 4) is 5.75 Å². The molecule has 3 rings (SSSR count). The fourth-order valence-corrected chi connectivity index (χ4v) is 2.42. The number of nitrogens with one attached hydrogen (secondary N) is 2. The summed E-state index contributed by atoms with van der Waals surface area (Å²) in [5.41, 5.74) is 2.09. The zero-order chi connectivity index (χ0) is 17.5. The molecule has 6 nitrogen and oxygen atoms in total. The van der Waals surface area contributed by atoms with Crippen LogP contribution in [0.2, 0.25) is 5.02 Å². The van der Waals surface area contributed by atoms with Gasteiger partial charge in [-0.3, -0.25) is 0 Å². The highest BCUT2D eigenvalue weighted by Gasteiger charge is 2.03. The van der Waals surface area contributed by atoms with E-state index in [0.717, 1.165) is 16.9 Å². The second kappa shape index (κ2) is 8.30. The number of ether oxygens (including phenoxy) is 1. The molecule has 0 spiro atoms. The molecule has 128 valence electrons. The Bertz CT molecular complexity index is 826. The molecule has 0 aliphatic rings. The lowest BCUT2D eigenvalue weighted by Gasteiger charge is -2.09. The second-order valence-electron chi connectivity index (χ2n) is 5.31. The Balaban J connectivity index is 1.58. The highest BCUT2D eigenvalue weighted by atomic mass is 35.5. The topological polar surface area (TPSA) is 72.0 Å². The van der Waals surface area contributed by atoms with Gasteiger partial charge in [0.25, 0.3) is 0 Å². The SMILES string of the molecule is COc1ccc(CNc2cnnc(NCc3ccccc3Cl)n2)cc1. The van der Waals surface area contributed by atoms with E-state index in [0.29, 0.717) is 29.9 Å². The van der Waals surface area contributed by atoms with E-state index in [2.05, 4.69) is 25.8 Å². The average molecular weight is 356 g/mol. The standard InChI is InChI=1S/C18H18ClN5O/c1-25-15-8-6-13(7-9-15)10-20-17-12-22-24-18(23-17)21-11-14-4-2-3-5-16(14)19/h2-9,12H,10-11H2,1H3,(H2,20,21,23,24). The smallest absolute Gasteiger partial charge is 0.244 e. The fourth-order valence-electron chi connectivity index (χ4n) is 2.22. The first-order chi connectivity index (χ1) is 12.2. The molecule has 1 heterocycles. The van der Waals surface area contributed by atoms with E-state index in [1.54, 1.807) is 13.3 Å². The third-order valence-electron chi connectivity index (χ3n) is 3.59. The molecule has 0 amide bonds. The number of benzene rings is 2. The number of hydrogen-bond donors (Lipinski definition) is 2. The van der Waals surface area contributed by atoms with Gasteiger partial charge < -0.3 is 15.4 Å². The Hall–Kier alpha value is -2.86. The Labute approximate surface area is 151 Å². The molecule has 7 heteroatoms. The van der Waals surface area contributed by atoms with Crippen LogP contribution in [0.4, 0.5) is 11.8 Å². The molecule has 0 bridgehead atoms. The van der Waals surface area contributed by atoms with Crippen LogP contribution in [0.5, 0.6) is 5.75 Å². The molecule has 0 atom stereocenters. The van der Waals surface area contributed by atoms with E-state index in [9.17, 15) is 0 Å². The molecule has 25 heavy (non-hydrogen) atoms. The van der Waals surface area contributed by atoms with Crippen LogP contribution in [0.15, 0.2) is 54.7 Å². The maximum absolute atomic E-state index is 6.14. The van der Waals surface area contributed by atoms with Crippen LogP contribution in [0, 0.1) is 0 Å². The summed E-state index contributed by atoms with van der Waals surface area (Å²) in [6, 6.07) is 15.5. The molecule has 0 radical (unpaired) electrons. The minimum Gasteiger partial charge on any atom is -0.497 e. The van der Waals surface area contributed by atoms with E-state index in [1.165, 1.54) is 0 Å². The minimum absolute atomic E-state index is 0.444. The van der Waals surface area contributed by atoms with Crippen molar-refractivity contribution in [3.05, 3.63) is 70.9 Å². The molecule has 2 N–H and O–H groups in total. The number of halogens is 1. The van der Waals surface area contributed by atoms with Crippen LogP contribution >= 0.6 is 11.6 Å². The van der Waals surface area contributed by atoms with Gasteiger partial charge in [0.05, 0.1) is 13.3 Å². The van der Waals surface area contributed by atoms with Crippen molar-refractivity contribution in [2.75, 3.05) is 17.7 Å². The molecular weight excluding hydrogens is 338 g/mol. The molecule has 2 aromatic carbocycles. The summed E-state index contributed by atoms with van der Waals surface area (Å²) in [5.74, 6) is 1.92. The van der Waals surface area contributed by atoms with Crippen molar-refractivity contribution in [2.45, 2.75) is 13.1 Å². The Morgan fingerprint density at radius 1 is 1.00 bits per heavy atom. The average Bonchev–Trinajstić information content (AvgIpc) is 2.66. The van der Waals surface area contributed by atoms with Gasteiger partial charge in [0.1, 0.15) is 5.75 Å². The van der Waals surface area contributed by atoms with Gasteiger partial charge >= 0.3 is 0 Å². The molecule has 0 aliphatic heterocycles. The quantitative estimate of drug-likeness (QED) is 0.672. The second-order valence-corrected chi connectivity index (χ2v) is 5.72. The van der Waals surface area contributed by atoms with Gasteiger partial charge in [0, 0.05) is 18.1 Å². The molecule has 3 aromatic rings. The minimum atomic E-state index is 0.444. The van der Waals surface area contributed by atoms with Crippen molar-refractivity contribution in [3.63, 3.8) is 0 Å². The van der Waals surface area contributed by atoms with Gasteiger partial charge in [-0.2, -0.15) is 10.1 Å². The Kier molecular flexibility index (Phi) is 5.64. The lowest BCUT2D eigenvalue weighted by molar-refractivity contribution is 0.414. The molecule has 0 unspecified atom stereocenters. The van der Waals surface area contributed by atoms with Crippen molar-refractivity contribution in [1.29, 1.82) is 0 Å². The predicted octanol–water partition coefficient (Wildman–Crippen LogP) is 3.76. The monoisotopic (exact) mass is 355 g/mol. The third-order valence-corrected chi connectivity index (χ3v) is 3.96. The Morgan fingerprint density at radius 2 is 1.80 bits per heavy atom. The summed E-state index contributed by atoms with van der Waals surface area (Å²) in [5, 5.41) is 15.0. The van der Waals surface area contributed by atoms with Gasteiger partial charge in [-0.05, 0) is 29.3 Å². The van der Waals surface area contributed by atoms with E-state index in [-0.39, 0.29) is 0 Å². The predicted molar refractivity (Wildman–Crippen MR) is 98.9 cm³/mol. The van der Waals surface area contributed by atoms with E-state index >= 15 is 0 Å². The first kappa shape index (κ1) is 17.0. The lowest BCUT2D eigenvalue weighted by atomic mass is 10.2. The highest BCUT2D eigenvalue weighted by molar-refractivity contribution is 6.31. The highest BCUT2D eigenvalue weighted by Crippen LogP contribution is 2.16. The van der Waals surface area contributed by atoms with Crippen LogP contribution < -0.4 is 15.4 Å². The maximum Gasteiger partial charge on any atom is 0.244 e. The van der Waals surface area contributed by atoms with Crippen molar-refractivity contribution in [1.82, 2.24) is 15.2 Å². The molecule has 0 aliphatic carbocycles. The van der Waals surface area contributed by atoms with Crippen LogP contribution in [-0.2, 0) is 13.1 Å². The number of anilines is 2. The molecular formula is C18H18ClN5O. The number of nitrogens with zero attached hydrogens (tertiary/aromatic N) is 3. The first-order valence-electron chi connectivity index (χ1n) is 7.78. The molecule has 1 aromatic heterocycles. The van der Waals surface area contributed by atoms with Crippen LogP contribution in [-0.4, -0.2) is 22.3 Å². The van der Waals surface area contributed by atoms with E-state index < -0.39 is 0 Å².